The van der Waals surface area contributed by atoms with Crippen LogP contribution in [-0.4, -0.2) is 22.7 Å². The molecule has 0 spiro atoms. The van der Waals surface area contributed by atoms with E-state index in [1.165, 1.54) is 11.3 Å². The summed E-state index contributed by atoms with van der Waals surface area (Å²) in [5.74, 6) is 1.94. The van der Waals surface area contributed by atoms with Gasteiger partial charge in [-0.3, -0.25) is 9.78 Å². The molecule has 1 aliphatic rings. The molecule has 2 aromatic heterocycles. The van der Waals surface area contributed by atoms with E-state index in [2.05, 4.69) is 15.3 Å². The van der Waals surface area contributed by atoms with E-state index in [4.69, 9.17) is 14.2 Å². The molecule has 8 heteroatoms. The topological polar surface area (TPSA) is 82.6 Å². The summed E-state index contributed by atoms with van der Waals surface area (Å²) < 4.78 is 16.4. The molecule has 3 aromatic rings. The van der Waals surface area contributed by atoms with Crippen LogP contribution in [0.2, 0.25) is 0 Å². The highest BCUT2D eigenvalue weighted by atomic mass is 32.1. The Morgan fingerprint density at radius 2 is 2.07 bits per heavy atom. The number of ether oxygens (including phenoxy) is 3. The molecule has 0 fully saturated rings. The van der Waals surface area contributed by atoms with Gasteiger partial charge in [0.1, 0.15) is 22.2 Å². The van der Waals surface area contributed by atoms with Crippen molar-refractivity contribution in [3.8, 4) is 17.2 Å². The van der Waals surface area contributed by atoms with Crippen LogP contribution < -0.4 is 19.5 Å². The zero-order valence-corrected chi connectivity index (χ0v) is 16.3. The third kappa shape index (κ3) is 4.07. The van der Waals surface area contributed by atoms with Crippen molar-refractivity contribution in [1.29, 1.82) is 0 Å². The number of carbonyl (C=O) groups excluding carboxylic acids is 1. The highest BCUT2D eigenvalue weighted by Crippen LogP contribution is 2.32. The first kappa shape index (κ1) is 18.2. The summed E-state index contributed by atoms with van der Waals surface area (Å²) in [4.78, 5) is 21.8. The maximum atomic E-state index is 12.6. The first-order chi connectivity index (χ1) is 13.6. The van der Waals surface area contributed by atoms with E-state index in [1.54, 1.807) is 6.20 Å². The first-order valence-electron chi connectivity index (χ1n) is 8.77. The number of hydrogen-bond acceptors (Lipinski definition) is 7. The molecule has 1 aromatic carbocycles. The number of aryl methyl sites for hydroxylation is 2. The number of benzene rings is 1. The monoisotopic (exact) mass is 397 g/mol. The quantitative estimate of drug-likeness (QED) is 0.687. The molecule has 0 atom stereocenters. The lowest BCUT2D eigenvalue weighted by Gasteiger charge is -2.05. The van der Waals surface area contributed by atoms with Crippen LogP contribution in [0, 0.1) is 13.8 Å². The number of hydrogen-bond donors (Lipinski definition) is 1. The number of carbonyl (C=O) groups is 1. The molecule has 0 saturated heterocycles. The molecule has 7 nitrogen and oxygen atoms in total. The lowest BCUT2D eigenvalue weighted by molar-refractivity contribution is 0.0954. The number of pyridine rings is 1. The third-order valence-electron chi connectivity index (χ3n) is 4.18. The molecule has 0 unspecified atom stereocenters. The van der Waals surface area contributed by atoms with E-state index < -0.39 is 0 Å². The van der Waals surface area contributed by atoms with Crippen LogP contribution in [0.1, 0.15) is 31.6 Å². The Morgan fingerprint density at radius 1 is 1.21 bits per heavy atom. The van der Waals surface area contributed by atoms with Crippen LogP contribution in [0.5, 0.6) is 17.2 Å². The summed E-state index contributed by atoms with van der Waals surface area (Å²) in [6.07, 6.45) is 1.68. The van der Waals surface area contributed by atoms with Gasteiger partial charge in [0.15, 0.2) is 11.5 Å². The second-order valence-electron chi connectivity index (χ2n) is 6.32. The Bertz CT molecular complexity index is 1000. The summed E-state index contributed by atoms with van der Waals surface area (Å²) in [5.41, 5.74) is 2.56. The summed E-state index contributed by atoms with van der Waals surface area (Å²) in [7, 11) is 0. The van der Waals surface area contributed by atoms with Gasteiger partial charge >= 0.3 is 0 Å². The van der Waals surface area contributed by atoms with Crippen molar-refractivity contribution in [3.05, 3.63) is 63.4 Å². The highest BCUT2D eigenvalue weighted by molar-refractivity contribution is 7.13. The molecule has 1 aliphatic heterocycles. The number of rotatable bonds is 6. The van der Waals surface area contributed by atoms with Gasteiger partial charge in [0.05, 0.1) is 11.9 Å². The van der Waals surface area contributed by atoms with Crippen molar-refractivity contribution in [1.82, 2.24) is 15.3 Å². The number of nitrogens with one attached hydrogen (secondary N) is 1. The van der Waals surface area contributed by atoms with Gasteiger partial charge in [-0.2, -0.15) is 0 Å². The minimum Gasteiger partial charge on any atom is -0.485 e. The van der Waals surface area contributed by atoms with Gasteiger partial charge in [0, 0.05) is 12.2 Å². The number of fused-ring (bicyclic) bond motifs is 1. The van der Waals surface area contributed by atoms with Crippen molar-refractivity contribution >= 4 is 17.2 Å². The van der Waals surface area contributed by atoms with Gasteiger partial charge < -0.3 is 19.5 Å². The van der Waals surface area contributed by atoms with E-state index in [9.17, 15) is 4.79 Å². The number of nitrogens with zero attached hydrogens (tertiary/aromatic N) is 2. The summed E-state index contributed by atoms with van der Waals surface area (Å²) in [6, 6.07) is 9.37. The zero-order chi connectivity index (χ0) is 19.5. The van der Waals surface area contributed by atoms with E-state index in [-0.39, 0.29) is 12.7 Å². The van der Waals surface area contributed by atoms with Crippen molar-refractivity contribution < 1.29 is 19.0 Å². The van der Waals surface area contributed by atoms with Crippen molar-refractivity contribution in [3.63, 3.8) is 0 Å². The van der Waals surface area contributed by atoms with Crippen LogP contribution in [0.25, 0.3) is 0 Å². The van der Waals surface area contributed by atoms with Gasteiger partial charge in [0.25, 0.3) is 5.91 Å². The lowest BCUT2D eigenvalue weighted by atomic mass is 10.2. The minimum absolute atomic E-state index is 0.157. The molecule has 0 bridgehead atoms. The van der Waals surface area contributed by atoms with Crippen molar-refractivity contribution in [2.75, 3.05) is 6.79 Å². The van der Waals surface area contributed by atoms with Crippen LogP contribution in [-0.2, 0) is 13.2 Å². The molecule has 1 amide bonds. The number of thiazole rings is 1. The smallest absolute Gasteiger partial charge is 0.263 e. The van der Waals surface area contributed by atoms with Gasteiger partial charge in [-0.25, -0.2) is 4.98 Å². The highest BCUT2D eigenvalue weighted by Gasteiger charge is 2.17. The molecule has 0 saturated carbocycles. The van der Waals surface area contributed by atoms with E-state index >= 15 is 0 Å². The van der Waals surface area contributed by atoms with Crippen LogP contribution in [0.15, 0.2) is 36.5 Å². The van der Waals surface area contributed by atoms with Crippen molar-refractivity contribution in [2.45, 2.75) is 27.0 Å². The molecule has 1 N–H and O–H groups in total. The average Bonchev–Trinajstić information content (AvgIpc) is 3.31. The van der Waals surface area contributed by atoms with Gasteiger partial charge in [-0.15, -0.1) is 11.3 Å². The van der Waals surface area contributed by atoms with E-state index in [0.29, 0.717) is 35.2 Å². The van der Waals surface area contributed by atoms with Gasteiger partial charge in [-0.1, -0.05) is 6.07 Å². The molecule has 4 rings (SSSR count). The van der Waals surface area contributed by atoms with Crippen molar-refractivity contribution in [2.24, 2.45) is 0 Å². The molecule has 144 valence electrons. The molecule has 28 heavy (non-hydrogen) atoms. The normalized spacial score (nSPS) is 12.1. The van der Waals surface area contributed by atoms with Gasteiger partial charge in [0.2, 0.25) is 6.79 Å². The Morgan fingerprint density at radius 3 is 2.89 bits per heavy atom. The summed E-state index contributed by atoms with van der Waals surface area (Å²) in [5, 5.41) is 3.67. The Labute approximate surface area is 166 Å². The molecular weight excluding hydrogens is 378 g/mol. The fourth-order valence-electron chi connectivity index (χ4n) is 2.72. The van der Waals surface area contributed by atoms with E-state index in [0.717, 1.165) is 22.0 Å². The Balaban J connectivity index is 1.36. The summed E-state index contributed by atoms with van der Waals surface area (Å²) >= 11 is 1.33. The first-order valence-corrected chi connectivity index (χ1v) is 9.58. The van der Waals surface area contributed by atoms with Crippen LogP contribution in [0.3, 0.4) is 0 Å². The van der Waals surface area contributed by atoms with E-state index in [1.807, 2.05) is 44.2 Å². The fraction of sp³-hybridized carbons (Fsp3) is 0.250. The Hall–Kier alpha value is -3.13. The molecule has 3 heterocycles. The van der Waals surface area contributed by atoms with Gasteiger partial charge in [-0.05, 0) is 43.7 Å². The lowest BCUT2D eigenvalue weighted by Crippen LogP contribution is -2.22. The predicted octanol–water partition coefficient (Wildman–Crippen LogP) is 3.39. The standard InChI is InChI=1S/C20H19N3O4S/c1-12-3-5-15(9-21-12)25-10-18-23-13(2)19(28-18)20(24)22-8-14-4-6-16-17(7-14)27-11-26-16/h3-7,9H,8,10-11H2,1-2H3,(H,22,24). The number of aromatic nitrogens is 2. The molecular formula is C20H19N3O4S. The maximum absolute atomic E-state index is 12.6. The predicted molar refractivity (Wildman–Crippen MR) is 104 cm³/mol. The molecule has 0 aliphatic carbocycles. The molecule has 0 radical (unpaired) electrons. The second kappa shape index (κ2) is 7.85. The average molecular weight is 397 g/mol. The zero-order valence-electron chi connectivity index (χ0n) is 15.5. The summed E-state index contributed by atoms with van der Waals surface area (Å²) in [6.45, 7) is 4.67. The minimum atomic E-state index is -0.157. The SMILES string of the molecule is Cc1ccc(OCc2nc(C)c(C(=O)NCc3ccc4c(c3)OCO4)s2)cn1. The fourth-order valence-corrected chi connectivity index (χ4v) is 3.62. The second-order valence-corrected chi connectivity index (χ2v) is 7.40. The third-order valence-corrected chi connectivity index (χ3v) is 5.31. The van der Waals surface area contributed by atoms with Crippen LogP contribution >= 0.6 is 11.3 Å². The Kier molecular flexibility index (Phi) is 5.12. The largest absolute Gasteiger partial charge is 0.485 e. The van der Waals surface area contributed by atoms with Crippen LogP contribution in [0.4, 0.5) is 0 Å². The maximum Gasteiger partial charge on any atom is 0.263 e. The number of amides is 1.